The second-order valence-corrected chi connectivity index (χ2v) is 7.96. The number of guanidine groups is 1. The van der Waals surface area contributed by atoms with E-state index in [1.807, 2.05) is 12.1 Å². The molecule has 0 spiro atoms. The lowest BCUT2D eigenvalue weighted by Crippen LogP contribution is -2.48. The lowest BCUT2D eigenvalue weighted by Gasteiger charge is -2.24. The predicted octanol–water partition coefficient (Wildman–Crippen LogP) is 3.37. The van der Waals surface area contributed by atoms with Crippen molar-refractivity contribution in [3.63, 3.8) is 0 Å². The molecule has 6 heteroatoms. The Morgan fingerprint density at radius 2 is 2.00 bits per heavy atom. The zero-order valence-electron chi connectivity index (χ0n) is 16.3. The Morgan fingerprint density at radius 1 is 1.31 bits per heavy atom. The average Bonchev–Trinajstić information content (AvgIpc) is 3.28. The van der Waals surface area contributed by atoms with Crippen molar-refractivity contribution in [1.82, 2.24) is 15.5 Å². The van der Waals surface area contributed by atoms with Crippen LogP contribution in [0.4, 0.5) is 4.39 Å². The Labute approximate surface area is 174 Å². The van der Waals surface area contributed by atoms with E-state index in [1.54, 1.807) is 19.2 Å². The van der Waals surface area contributed by atoms with Gasteiger partial charge >= 0.3 is 0 Å². The monoisotopic (exact) mass is 474 g/mol. The molecule has 0 bridgehead atoms. The summed E-state index contributed by atoms with van der Waals surface area (Å²) in [5.41, 5.74) is 0.756. The molecule has 2 atom stereocenters. The number of hydrogen-bond acceptors (Lipinski definition) is 2. The summed E-state index contributed by atoms with van der Waals surface area (Å²) >= 11 is 0. The molecule has 1 aromatic rings. The van der Waals surface area contributed by atoms with Gasteiger partial charge in [0.1, 0.15) is 5.82 Å². The molecule has 1 aliphatic carbocycles. The first-order chi connectivity index (χ1) is 11.9. The lowest BCUT2D eigenvalue weighted by atomic mass is 9.95. The number of hydrogen-bond donors (Lipinski definition) is 2. The first-order valence-corrected chi connectivity index (χ1v) is 9.41. The average molecular weight is 474 g/mol. The fraction of sp³-hybridized carbons (Fsp3) is 0.650. The van der Waals surface area contributed by atoms with Crippen LogP contribution in [-0.2, 0) is 5.41 Å². The Morgan fingerprint density at radius 3 is 2.54 bits per heavy atom. The summed E-state index contributed by atoms with van der Waals surface area (Å²) in [5, 5.41) is 7.01. The fourth-order valence-corrected chi connectivity index (χ4v) is 3.82. The first kappa shape index (κ1) is 21.4. The standard InChI is InChI=1S/C20H31FN4.HI/c1-14(2)25-11-15(3)18(12-25)24-19(22-4)23-13-20(9-10-20)16-7-5-6-8-17(16)21;/h5-8,14-15,18H,9-13H2,1-4H3,(H2,22,23,24);1H. The van der Waals surface area contributed by atoms with Crippen molar-refractivity contribution in [3.8, 4) is 0 Å². The van der Waals surface area contributed by atoms with Gasteiger partial charge in [0.15, 0.2) is 5.96 Å². The van der Waals surface area contributed by atoms with E-state index in [0.29, 0.717) is 18.0 Å². The van der Waals surface area contributed by atoms with E-state index in [2.05, 4.69) is 41.3 Å². The van der Waals surface area contributed by atoms with Crippen LogP contribution in [-0.4, -0.2) is 49.6 Å². The van der Waals surface area contributed by atoms with E-state index in [1.165, 1.54) is 0 Å². The van der Waals surface area contributed by atoms with Gasteiger partial charge in [-0.2, -0.15) is 0 Å². The highest BCUT2D eigenvalue weighted by Crippen LogP contribution is 2.48. The van der Waals surface area contributed by atoms with Crippen molar-refractivity contribution in [1.29, 1.82) is 0 Å². The van der Waals surface area contributed by atoms with Crippen LogP contribution in [0.3, 0.4) is 0 Å². The Hall–Kier alpha value is -0.890. The van der Waals surface area contributed by atoms with Gasteiger partial charge < -0.3 is 10.6 Å². The molecule has 1 saturated carbocycles. The summed E-state index contributed by atoms with van der Waals surface area (Å²) in [5.74, 6) is 1.31. The third-order valence-electron chi connectivity index (χ3n) is 5.81. The lowest BCUT2D eigenvalue weighted by molar-refractivity contribution is 0.265. The molecule has 2 N–H and O–H groups in total. The summed E-state index contributed by atoms with van der Waals surface area (Å²) in [6.45, 7) is 9.65. The smallest absolute Gasteiger partial charge is 0.191 e. The zero-order valence-corrected chi connectivity index (χ0v) is 18.6. The van der Waals surface area contributed by atoms with Crippen LogP contribution in [0.5, 0.6) is 0 Å². The maximum absolute atomic E-state index is 14.1. The Balaban J connectivity index is 0.00000243. The second kappa shape index (κ2) is 8.87. The molecule has 1 heterocycles. The molecular formula is C20H32FIN4. The minimum Gasteiger partial charge on any atom is -0.356 e. The van der Waals surface area contributed by atoms with Gasteiger partial charge in [0, 0.05) is 44.2 Å². The largest absolute Gasteiger partial charge is 0.356 e. The molecule has 0 aromatic heterocycles. The van der Waals surface area contributed by atoms with Crippen molar-refractivity contribution >= 4 is 29.9 Å². The van der Waals surface area contributed by atoms with Crippen molar-refractivity contribution in [3.05, 3.63) is 35.6 Å². The van der Waals surface area contributed by atoms with Gasteiger partial charge in [-0.05, 0) is 44.2 Å². The van der Waals surface area contributed by atoms with Crippen LogP contribution < -0.4 is 10.6 Å². The minimum atomic E-state index is -0.0956. The summed E-state index contributed by atoms with van der Waals surface area (Å²) in [7, 11) is 1.80. The van der Waals surface area contributed by atoms with Crippen molar-refractivity contribution in [2.45, 2.75) is 51.1 Å². The summed E-state index contributed by atoms with van der Waals surface area (Å²) < 4.78 is 14.1. The third-order valence-corrected chi connectivity index (χ3v) is 5.81. The number of rotatable bonds is 5. The van der Waals surface area contributed by atoms with E-state index < -0.39 is 0 Å². The number of likely N-dealkylation sites (tertiary alicyclic amines) is 1. The number of halogens is 2. The molecule has 26 heavy (non-hydrogen) atoms. The van der Waals surface area contributed by atoms with Crippen LogP contribution in [0, 0.1) is 11.7 Å². The van der Waals surface area contributed by atoms with E-state index in [-0.39, 0.29) is 35.2 Å². The molecule has 0 radical (unpaired) electrons. The minimum absolute atomic E-state index is 0. The molecule has 2 aliphatic rings. The quantitative estimate of drug-likeness (QED) is 0.391. The fourth-order valence-electron chi connectivity index (χ4n) is 3.82. The van der Waals surface area contributed by atoms with Gasteiger partial charge in [0.2, 0.25) is 0 Å². The van der Waals surface area contributed by atoms with Crippen molar-refractivity contribution in [2.24, 2.45) is 10.9 Å². The van der Waals surface area contributed by atoms with E-state index in [0.717, 1.165) is 44.0 Å². The SMILES string of the molecule is CN=C(NCC1(c2ccccc2F)CC1)NC1CN(C(C)C)CC1C.I. The molecule has 146 valence electrons. The van der Waals surface area contributed by atoms with Gasteiger partial charge in [-0.15, -0.1) is 24.0 Å². The van der Waals surface area contributed by atoms with E-state index in [4.69, 9.17) is 0 Å². The predicted molar refractivity (Wildman–Crippen MR) is 117 cm³/mol. The molecule has 2 fully saturated rings. The number of nitrogens with zero attached hydrogens (tertiary/aromatic N) is 2. The van der Waals surface area contributed by atoms with Crippen molar-refractivity contribution in [2.75, 3.05) is 26.7 Å². The molecule has 1 aliphatic heterocycles. The van der Waals surface area contributed by atoms with Crippen LogP contribution in [0.15, 0.2) is 29.3 Å². The van der Waals surface area contributed by atoms with Gasteiger partial charge in [0.25, 0.3) is 0 Å². The molecule has 3 rings (SSSR count). The summed E-state index contributed by atoms with van der Waals surface area (Å²) in [6, 6.07) is 8.12. The molecule has 2 unspecified atom stereocenters. The molecule has 1 saturated heterocycles. The number of aliphatic imine (C=N–C) groups is 1. The topological polar surface area (TPSA) is 39.7 Å². The van der Waals surface area contributed by atoms with Gasteiger partial charge in [-0.3, -0.25) is 9.89 Å². The highest BCUT2D eigenvalue weighted by molar-refractivity contribution is 14.0. The van der Waals surface area contributed by atoms with Crippen LogP contribution >= 0.6 is 24.0 Å². The molecule has 1 aromatic carbocycles. The molecule has 4 nitrogen and oxygen atoms in total. The maximum Gasteiger partial charge on any atom is 0.191 e. The highest BCUT2D eigenvalue weighted by atomic mass is 127. The van der Waals surface area contributed by atoms with Crippen molar-refractivity contribution < 1.29 is 4.39 Å². The van der Waals surface area contributed by atoms with Gasteiger partial charge in [-0.1, -0.05) is 25.1 Å². The number of nitrogens with one attached hydrogen (secondary N) is 2. The van der Waals surface area contributed by atoms with Gasteiger partial charge in [0.05, 0.1) is 0 Å². The maximum atomic E-state index is 14.1. The summed E-state index contributed by atoms with van der Waals surface area (Å²) in [6.07, 6.45) is 2.05. The zero-order chi connectivity index (χ0) is 18.0. The highest BCUT2D eigenvalue weighted by Gasteiger charge is 2.46. The molecular weight excluding hydrogens is 442 g/mol. The van der Waals surface area contributed by atoms with E-state index >= 15 is 0 Å². The van der Waals surface area contributed by atoms with Crippen LogP contribution in [0.25, 0.3) is 0 Å². The third kappa shape index (κ3) is 4.68. The van der Waals surface area contributed by atoms with Crippen LogP contribution in [0.1, 0.15) is 39.2 Å². The van der Waals surface area contributed by atoms with Crippen LogP contribution in [0.2, 0.25) is 0 Å². The Kier molecular flexibility index (Phi) is 7.30. The normalized spacial score (nSPS) is 25.1. The first-order valence-electron chi connectivity index (χ1n) is 9.41. The summed E-state index contributed by atoms with van der Waals surface area (Å²) in [4.78, 5) is 6.88. The Bertz CT molecular complexity index is 630. The van der Waals surface area contributed by atoms with E-state index in [9.17, 15) is 4.39 Å². The number of benzene rings is 1. The van der Waals surface area contributed by atoms with Gasteiger partial charge in [-0.25, -0.2) is 4.39 Å². The second-order valence-electron chi connectivity index (χ2n) is 7.96. The molecule has 0 amide bonds.